The average molecular weight is 279 g/mol. The third kappa shape index (κ3) is 3.39. The lowest BCUT2D eigenvalue weighted by Crippen LogP contribution is -2.17. The van der Waals surface area contributed by atoms with E-state index in [1.165, 1.54) is 17.0 Å². The average Bonchev–Trinajstić information content (AvgIpc) is 2.89. The summed E-state index contributed by atoms with van der Waals surface area (Å²) in [5.74, 6) is -1.94. The van der Waals surface area contributed by atoms with E-state index in [1.807, 2.05) is 24.4 Å². The highest BCUT2D eigenvalue weighted by Crippen LogP contribution is 2.19. The molecule has 19 heavy (non-hydrogen) atoms. The molecule has 5 heteroatoms. The minimum absolute atomic E-state index is 0.183. The molecule has 0 spiro atoms. The highest BCUT2D eigenvalue weighted by molar-refractivity contribution is 7.10. The van der Waals surface area contributed by atoms with Crippen molar-refractivity contribution in [2.75, 3.05) is 0 Å². The summed E-state index contributed by atoms with van der Waals surface area (Å²) in [5.41, 5.74) is 0.431. The number of carbonyl (C=O) groups is 1. The van der Waals surface area contributed by atoms with Gasteiger partial charge in [-0.2, -0.15) is 0 Å². The van der Waals surface area contributed by atoms with Crippen LogP contribution in [-0.4, -0.2) is 11.1 Å². The molecular formula is C14H14FNO2S. The molecule has 0 aliphatic carbocycles. The van der Waals surface area contributed by atoms with Crippen LogP contribution in [0.3, 0.4) is 0 Å². The van der Waals surface area contributed by atoms with Crippen molar-refractivity contribution in [1.29, 1.82) is 0 Å². The number of halogens is 1. The number of thiophene rings is 1. The Kier molecular flexibility index (Phi) is 4.29. The van der Waals surface area contributed by atoms with Crippen molar-refractivity contribution < 1.29 is 14.3 Å². The standard InChI is InChI=1S/C14H14FNO2S/c1-9(13-3-2-6-19-13)16-8-10-4-5-11(14(17)18)12(15)7-10/h2-7,9,16H,8H2,1H3,(H,17,18)/t9-/m0/s1. The van der Waals surface area contributed by atoms with Gasteiger partial charge in [0.25, 0.3) is 0 Å². The van der Waals surface area contributed by atoms with E-state index in [2.05, 4.69) is 5.32 Å². The molecule has 0 radical (unpaired) electrons. The quantitative estimate of drug-likeness (QED) is 0.881. The van der Waals surface area contributed by atoms with Gasteiger partial charge in [0.2, 0.25) is 0 Å². The summed E-state index contributed by atoms with van der Waals surface area (Å²) in [6, 6.07) is 8.39. The number of carboxylic acid groups (broad SMARTS) is 1. The zero-order valence-corrected chi connectivity index (χ0v) is 11.2. The molecule has 2 rings (SSSR count). The van der Waals surface area contributed by atoms with Crippen molar-refractivity contribution in [2.24, 2.45) is 0 Å². The lowest BCUT2D eigenvalue weighted by Gasteiger charge is -2.12. The highest BCUT2D eigenvalue weighted by Gasteiger charge is 2.11. The van der Waals surface area contributed by atoms with Crippen LogP contribution in [0.5, 0.6) is 0 Å². The van der Waals surface area contributed by atoms with E-state index in [1.54, 1.807) is 17.4 Å². The number of hydrogen-bond donors (Lipinski definition) is 2. The maximum Gasteiger partial charge on any atom is 0.338 e. The first-order chi connectivity index (χ1) is 9.08. The third-order valence-electron chi connectivity index (χ3n) is 2.85. The van der Waals surface area contributed by atoms with E-state index < -0.39 is 11.8 Å². The fraction of sp³-hybridized carbons (Fsp3) is 0.214. The molecule has 2 aromatic rings. The van der Waals surface area contributed by atoms with Crippen molar-refractivity contribution in [3.05, 3.63) is 57.5 Å². The number of carboxylic acids is 1. The van der Waals surface area contributed by atoms with Crippen molar-refractivity contribution in [2.45, 2.75) is 19.5 Å². The first-order valence-corrected chi connectivity index (χ1v) is 6.74. The Morgan fingerprint density at radius 2 is 2.26 bits per heavy atom. The molecule has 0 unspecified atom stereocenters. The summed E-state index contributed by atoms with van der Waals surface area (Å²) in [6.07, 6.45) is 0. The lowest BCUT2D eigenvalue weighted by atomic mass is 10.1. The molecule has 2 N–H and O–H groups in total. The van der Waals surface area contributed by atoms with E-state index in [-0.39, 0.29) is 11.6 Å². The van der Waals surface area contributed by atoms with Crippen molar-refractivity contribution in [1.82, 2.24) is 5.32 Å². The van der Waals surface area contributed by atoms with E-state index in [0.717, 1.165) is 5.56 Å². The summed E-state index contributed by atoms with van der Waals surface area (Å²) < 4.78 is 13.5. The normalized spacial score (nSPS) is 12.3. The Labute approximate surface area is 114 Å². The fourth-order valence-corrected chi connectivity index (χ4v) is 2.51. The maximum absolute atomic E-state index is 13.5. The van der Waals surface area contributed by atoms with Crippen LogP contribution < -0.4 is 5.32 Å². The van der Waals surface area contributed by atoms with Gasteiger partial charge in [-0.15, -0.1) is 11.3 Å². The maximum atomic E-state index is 13.5. The predicted molar refractivity (Wildman–Crippen MR) is 72.9 cm³/mol. The van der Waals surface area contributed by atoms with E-state index in [9.17, 15) is 9.18 Å². The first kappa shape index (κ1) is 13.7. The van der Waals surface area contributed by atoms with Crippen molar-refractivity contribution >= 4 is 17.3 Å². The topological polar surface area (TPSA) is 49.3 Å². The van der Waals surface area contributed by atoms with Crippen LogP contribution in [0.15, 0.2) is 35.7 Å². The van der Waals surface area contributed by atoms with Gasteiger partial charge in [0.1, 0.15) is 5.82 Å². The van der Waals surface area contributed by atoms with Crippen molar-refractivity contribution in [3.63, 3.8) is 0 Å². The van der Waals surface area contributed by atoms with Gasteiger partial charge in [0, 0.05) is 17.5 Å². The Morgan fingerprint density at radius 3 is 2.84 bits per heavy atom. The number of aromatic carboxylic acids is 1. The van der Waals surface area contributed by atoms with Crippen LogP contribution in [-0.2, 0) is 6.54 Å². The molecule has 0 aliphatic heterocycles. The van der Waals surface area contributed by atoms with Crippen LogP contribution in [0.25, 0.3) is 0 Å². The van der Waals surface area contributed by atoms with E-state index in [4.69, 9.17) is 5.11 Å². The molecule has 0 bridgehead atoms. The molecule has 1 aromatic heterocycles. The molecule has 1 aromatic carbocycles. The van der Waals surface area contributed by atoms with E-state index in [0.29, 0.717) is 6.54 Å². The molecule has 100 valence electrons. The third-order valence-corrected chi connectivity index (χ3v) is 3.90. The summed E-state index contributed by atoms with van der Waals surface area (Å²) in [4.78, 5) is 11.9. The van der Waals surface area contributed by atoms with Crippen LogP contribution in [0.1, 0.15) is 33.8 Å². The molecule has 0 aliphatic rings. The van der Waals surface area contributed by atoms with Gasteiger partial charge in [-0.1, -0.05) is 12.1 Å². The van der Waals surface area contributed by atoms with Crippen LogP contribution in [0.2, 0.25) is 0 Å². The molecule has 1 heterocycles. The van der Waals surface area contributed by atoms with Crippen molar-refractivity contribution in [3.8, 4) is 0 Å². The minimum Gasteiger partial charge on any atom is -0.478 e. The smallest absolute Gasteiger partial charge is 0.338 e. The summed E-state index contributed by atoms with van der Waals surface area (Å²) in [5, 5.41) is 14.0. The molecule has 3 nitrogen and oxygen atoms in total. The van der Waals surface area contributed by atoms with Gasteiger partial charge in [-0.3, -0.25) is 0 Å². The van der Waals surface area contributed by atoms with Gasteiger partial charge in [-0.25, -0.2) is 9.18 Å². The lowest BCUT2D eigenvalue weighted by molar-refractivity contribution is 0.0692. The Morgan fingerprint density at radius 1 is 1.47 bits per heavy atom. The van der Waals surface area contributed by atoms with Crippen LogP contribution >= 0.6 is 11.3 Å². The zero-order chi connectivity index (χ0) is 13.8. The van der Waals surface area contributed by atoms with E-state index >= 15 is 0 Å². The molecule has 1 atom stereocenters. The van der Waals surface area contributed by atoms with Gasteiger partial charge in [-0.05, 0) is 36.1 Å². The highest BCUT2D eigenvalue weighted by atomic mass is 32.1. The fourth-order valence-electron chi connectivity index (χ4n) is 1.75. The molecule has 0 saturated carbocycles. The predicted octanol–water partition coefficient (Wildman–Crippen LogP) is 3.44. The van der Waals surface area contributed by atoms with Gasteiger partial charge >= 0.3 is 5.97 Å². The van der Waals surface area contributed by atoms with Gasteiger partial charge in [0.15, 0.2) is 0 Å². The van der Waals surface area contributed by atoms with Crippen LogP contribution in [0.4, 0.5) is 4.39 Å². The number of rotatable bonds is 5. The van der Waals surface area contributed by atoms with Gasteiger partial charge < -0.3 is 10.4 Å². The van der Waals surface area contributed by atoms with Crippen LogP contribution in [0, 0.1) is 5.82 Å². The molecule has 0 saturated heterocycles. The second kappa shape index (κ2) is 5.95. The molecule has 0 amide bonds. The first-order valence-electron chi connectivity index (χ1n) is 5.86. The monoisotopic (exact) mass is 279 g/mol. The molecular weight excluding hydrogens is 265 g/mol. The summed E-state index contributed by atoms with van der Waals surface area (Å²) in [6.45, 7) is 2.53. The largest absolute Gasteiger partial charge is 0.478 e. The minimum atomic E-state index is -1.25. The van der Waals surface area contributed by atoms with Gasteiger partial charge in [0.05, 0.1) is 5.56 Å². The molecule has 0 fully saturated rings. The summed E-state index contributed by atoms with van der Waals surface area (Å²) >= 11 is 1.66. The zero-order valence-electron chi connectivity index (χ0n) is 10.4. The Hall–Kier alpha value is -1.72. The Bertz CT molecular complexity index is 569. The number of hydrogen-bond acceptors (Lipinski definition) is 3. The second-order valence-corrected chi connectivity index (χ2v) is 5.22. The second-order valence-electron chi connectivity index (χ2n) is 4.24. The Balaban J connectivity index is 2.00. The number of benzene rings is 1. The SMILES string of the molecule is C[C@H](NCc1ccc(C(=O)O)c(F)c1)c1cccs1. The summed E-state index contributed by atoms with van der Waals surface area (Å²) in [7, 11) is 0. The number of nitrogens with one attached hydrogen (secondary N) is 1.